The van der Waals surface area contributed by atoms with Crippen LogP contribution in [0.15, 0.2) is 24.4 Å². The summed E-state index contributed by atoms with van der Waals surface area (Å²) in [5, 5.41) is 3.36. The highest BCUT2D eigenvalue weighted by Crippen LogP contribution is 2.11. The maximum Gasteiger partial charge on any atom is 0.0442 e. The summed E-state index contributed by atoms with van der Waals surface area (Å²) in [7, 11) is 0. The Morgan fingerprint density at radius 2 is 1.67 bits per heavy atom. The topological polar surface area (TPSA) is 12.0 Å². The van der Waals surface area contributed by atoms with E-state index >= 15 is 0 Å². The van der Waals surface area contributed by atoms with Crippen LogP contribution in [-0.4, -0.2) is 6.04 Å². The van der Waals surface area contributed by atoms with E-state index in [1.165, 1.54) is 51.4 Å². The third-order valence-electron chi connectivity index (χ3n) is 2.98. The van der Waals surface area contributed by atoms with Gasteiger partial charge in [-0.15, -0.1) is 0 Å². The molecule has 0 radical (unpaired) electrons. The minimum atomic E-state index is 0.589. The van der Waals surface area contributed by atoms with Crippen LogP contribution < -0.4 is 5.32 Å². The van der Waals surface area contributed by atoms with E-state index in [9.17, 15) is 0 Å². The summed E-state index contributed by atoms with van der Waals surface area (Å²) in [6.07, 6.45) is 19.6. The summed E-state index contributed by atoms with van der Waals surface area (Å²) in [5.41, 5.74) is 0. The van der Waals surface area contributed by atoms with Crippen LogP contribution in [0.1, 0.15) is 58.3 Å². The van der Waals surface area contributed by atoms with Crippen molar-refractivity contribution in [2.45, 2.75) is 64.3 Å². The van der Waals surface area contributed by atoms with Gasteiger partial charge in [-0.25, -0.2) is 0 Å². The summed E-state index contributed by atoms with van der Waals surface area (Å²) in [5.74, 6) is 0. The predicted octanol–water partition coefficient (Wildman–Crippen LogP) is 4.17. The van der Waals surface area contributed by atoms with Crippen LogP contribution in [0.3, 0.4) is 0 Å². The highest BCUT2D eigenvalue weighted by atomic mass is 14.9. The van der Waals surface area contributed by atoms with Crippen molar-refractivity contribution in [2.75, 3.05) is 0 Å². The van der Waals surface area contributed by atoms with E-state index in [0.717, 1.165) is 0 Å². The van der Waals surface area contributed by atoms with Gasteiger partial charge in [0, 0.05) is 6.04 Å². The maximum atomic E-state index is 3.36. The van der Waals surface area contributed by atoms with Crippen molar-refractivity contribution in [2.24, 2.45) is 0 Å². The molecule has 1 nitrogen and oxygen atoms in total. The number of allylic oxidation sites excluding steroid dienone is 2. The first-order valence-corrected chi connectivity index (χ1v) is 6.53. The van der Waals surface area contributed by atoms with E-state index in [0.29, 0.717) is 6.04 Å². The molecule has 1 aliphatic heterocycles. The average molecular weight is 207 g/mol. The second-order valence-electron chi connectivity index (χ2n) is 4.43. The van der Waals surface area contributed by atoms with Gasteiger partial charge in [0.25, 0.3) is 0 Å². The van der Waals surface area contributed by atoms with Gasteiger partial charge in [-0.05, 0) is 18.7 Å². The molecule has 0 aliphatic carbocycles. The highest BCUT2D eigenvalue weighted by molar-refractivity contribution is 5.11. The number of rotatable bonds is 8. The number of nitrogens with one attached hydrogen (secondary N) is 1. The molecule has 0 bridgehead atoms. The zero-order valence-corrected chi connectivity index (χ0v) is 10.0. The third kappa shape index (κ3) is 6.38. The second kappa shape index (κ2) is 8.58. The molecule has 1 unspecified atom stereocenters. The smallest absolute Gasteiger partial charge is 0.0442 e. The minimum Gasteiger partial charge on any atom is -0.385 e. The SMILES string of the molecule is CCCCCCCCCC1C=CC=CN1. The lowest BCUT2D eigenvalue weighted by atomic mass is 10.0. The summed E-state index contributed by atoms with van der Waals surface area (Å²) in [6, 6.07) is 0.589. The molecule has 1 heterocycles. The molecule has 0 spiro atoms. The number of dihydropyridines is 1. The summed E-state index contributed by atoms with van der Waals surface area (Å²) in [4.78, 5) is 0. The van der Waals surface area contributed by atoms with Gasteiger partial charge in [-0.1, -0.05) is 64.0 Å². The molecule has 1 heteroatoms. The quantitative estimate of drug-likeness (QED) is 0.589. The van der Waals surface area contributed by atoms with Crippen LogP contribution >= 0.6 is 0 Å². The Labute approximate surface area is 94.6 Å². The standard InChI is InChI=1S/C14H25N/c1-2-3-4-5-6-7-8-11-14-12-9-10-13-15-14/h9-10,12-15H,2-8,11H2,1H3. The lowest BCUT2D eigenvalue weighted by Crippen LogP contribution is -2.23. The van der Waals surface area contributed by atoms with Crippen molar-refractivity contribution in [1.29, 1.82) is 0 Å². The monoisotopic (exact) mass is 207 g/mol. The van der Waals surface area contributed by atoms with Gasteiger partial charge in [0.2, 0.25) is 0 Å². The van der Waals surface area contributed by atoms with E-state index in [1.54, 1.807) is 0 Å². The second-order valence-corrected chi connectivity index (χ2v) is 4.43. The van der Waals surface area contributed by atoms with Crippen molar-refractivity contribution in [3.63, 3.8) is 0 Å². The van der Waals surface area contributed by atoms with Crippen molar-refractivity contribution in [3.05, 3.63) is 24.4 Å². The Balaban J connectivity index is 1.84. The van der Waals surface area contributed by atoms with E-state index in [-0.39, 0.29) is 0 Å². The van der Waals surface area contributed by atoms with Gasteiger partial charge in [-0.2, -0.15) is 0 Å². The zero-order chi connectivity index (χ0) is 10.8. The van der Waals surface area contributed by atoms with Crippen molar-refractivity contribution in [1.82, 2.24) is 5.32 Å². The molecule has 0 aromatic heterocycles. The minimum absolute atomic E-state index is 0.589. The van der Waals surface area contributed by atoms with Gasteiger partial charge in [-0.3, -0.25) is 0 Å². The molecular formula is C14H25N. The molecule has 1 aliphatic rings. The van der Waals surface area contributed by atoms with Crippen LogP contribution in [0.4, 0.5) is 0 Å². The van der Waals surface area contributed by atoms with Gasteiger partial charge >= 0.3 is 0 Å². The molecule has 0 aromatic carbocycles. The molecule has 0 amide bonds. The summed E-state index contributed by atoms with van der Waals surface area (Å²) < 4.78 is 0. The molecule has 0 aromatic rings. The third-order valence-corrected chi connectivity index (χ3v) is 2.98. The van der Waals surface area contributed by atoms with Crippen LogP contribution in [-0.2, 0) is 0 Å². The molecule has 1 N–H and O–H groups in total. The Morgan fingerprint density at radius 3 is 2.33 bits per heavy atom. The van der Waals surface area contributed by atoms with Gasteiger partial charge < -0.3 is 5.32 Å². The Bertz CT molecular complexity index is 194. The Morgan fingerprint density at radius 1 is 0.933 bits per heavy atom. The molecule has 0 fully saturated rings. The normalized spacial score (nSPS) is 19.1. The molecule has 86 valence electrons. The Kier molecular flexibility index (Phi) is 7.06. The van der Waals surface area contributed by atoms with Crippen molar-refractivity contribution < 1.29 is 0 Å². The Hall–Kier alpha value is -0.720. The van der Waals surface area contributed by atoms with Gasteiger partial charge in [0.1, 0.15) is 0 Å². The first kappa shape index (κ1) is 12.4. The van der Waals surface area contributed by atoms with Gasteiger partial charge in [0.05, 0.1) is 0 Å². The number of hydrogen-bond donors (Lipinski definition) is 1. The summed E-state index contributed by atoms with van der Waals surface area (Å²) >= 11 is 0. The lowest BCUT2D eigenvalue weighted by Gasteiger charge is -2.15. The fraction of sp³-hybridized carbons (Fsp3) is 0.714. The molecule has 0 saturated heterocycles. The van der Waals surface area contributed by atoms with E-state index in [1.807, 2.05) is 6.20 Å². The highest BCUT2D eigenvalue weighted by Gasteiger charge is 2.02. The van der Waals surface area contributed by atoms with Crippen LogP contribution in [0.25, 0.3) is 0 Å². The molecular weight excluding hydrogens is 182 g/mol. The number of hydrogen-bond acceptors (Lipinski definition) is 1. The molecule has 15 heavy (non-hydrogen) atoms. The predicted molar refractivity (Wildman–Crippen MR) is 67.8 cm³/mol. The van der Waals surface area contributed by atoms with Gasteiger partial charge in [0.15, 0.2) is 0 Å². The largest absolute Gasteiger partial charge is 0.385 e. The first-order chi connectivity index (χ1) is 7.43. The fourth-order valence-corrected chi connectivity index (χ4v) is 1.99. The van der Waals surface area contributed by atoms with E-state index in [2.05, 4.69) is 30.5 Å². The maximum absolute atomic E-state index is 3.36. The van der Waals surface area contributed by atoms with Crippen molar-refractivity contribution >= 4 is 0 Å². The van der Waals surface area contributed by atoms with Crippen LogP contribution in [0.5, 0.6) is 0 Å². The summed E-state index contributed by atoms with van der Waals surface area (Å²) in [6.45, 7) is 2.27. The molecule has 1 rings (SSSR count). The first-order valence-electron chi connectivity index (χ1n) is 6.53. The number of unbranched alkanes of at least 4 members (excludes halogenated alkanes) is 6. The van der Waals surface area contributed by atoms with E-state index in [4.69, 9.17) is 0 Å². The molecule has 1 atom stereocenters. The fourth-order valence-electron chi connectivity index (χ4n) is 1.99. The van der Waals surface area contributed by atoms with E-state index < -0.39 is 0 Å². The lowest BCUT2D eigenvalue weighted by molar-refractivity contribution is 0.539. The van der Waals surface area contributed by atoms with Crippen LogP contribution in [0, 0.1) is 0 Å². The average Bonchev–Trinajstić information content (AvgIpc) is 2.29. The zero-order valence-electron chi connectivity index (χ0n) is 10.0. The van der Waals surface area contributed by atoms with Crippen molar-refractivity contribution in [3.8, 4) is 0 Å². The molecule has 0 saturated carbocycles. The van der Waals surface area contributed by atoms with Crippen LogP contribution in [0.2, 0.25) is 0 Å².